The summed E-state index contributed by atoms with van der Waals surface area (Å²) in [7, 11) is 2.98. The number of methoxy groups -OCH3 is 2. The zero-order chi connectivity index (χ0) is 20.7. The minimum Gasteiger partial charge on any atom is -0.495 e. The lowest BCUT2D eigenvalue weighted by Crippen LogP contribution is -2.21. The van der Waals surface area contributed by atoms with Gasteiger partial charge in [-0.25, -0.2) is 4.79 Å². The van der Waals surface area contributed by atoms with Gasteiger partial charge < -0.3 is 24.3 Å². The molecule has 0 fully saturated rings. The summed E-state index contributed by atoms with van der Waals surface area (Å²) < 4.78 is 20.9. The van der Waals surface area contributed by atoms with Crippen molar-refractivity contribution in [2.45, 2.75) is 13.8 Å². The monoisotopic (exact) mass is 407 g/mol. The Morgan fingerprint density at radius 2 is 1.75 bits per heavy atom. The van der Waals surface area contributed by atoms with Gasteiger partial charge in [0.15, 0.2) is 18.1 Å². The topological polar surface area (TPSA) is 83.1 Å². The summed E-state index contributed by atoms with van der Waals surface area (Å²) in [6.45, 7) is 3.58. The fraction of sp³-hybridized carbons (Fsp3) is 0.300. The van der Waals surface area contributed by atoms with E-state index in [1.165, 1.54) is 26.4 Å². The second-order valence-electron chi connectivity index (χ2n) is 5.72. The lowest BCUT2D eigenvalue weighted by molar-refractivity contribution is -0.119. The van der Waals surface area contributed by atoms with Gasteiger partial charge in [-0.2, -0.15) is 0 Å². The van der Waals surface area contributed by atoms with Crippen molar-refractivity contribution in [3.63, 3.8) is 0 Å². The van der Waals surface area contributed by atoms with E-state index in [-0.39, 0.29) is 5.56 Å². The second kappa shape index (κ2) is 9.85. The largest absolute Gasteiger partial charge is 0.495 e. The molecule has 0 aliphatic rings. The van der Waals surface area contributed by atoms with Crippen molar-refractivity contribution in [2.75, 3.05) is 32.8 Å². The number of hydrogen-bond acceptors (Lipinski definition) is 6. The fourth-order valence-electron chi connectivity index (χ4n) is 2.40. The Hall–Kier alpha value is -2.93. The van der Waals surface area contributed by atoms with Crippen LogP contribution in [-0.2, 0) is 9.53 Å². The summed E-state index contributed by atoms with van der Waals surface area (Å²) in [5, 5.41) is 3.16. The number of amides is 1. The van der Waals surface area contributed by atoms with Crippen molar-refractivity contribution >= 4 is 29.2 Å². The number of halogens is 1. The molecule has 8 heteroatoms. The lowest BCUT2D eigenvalue weighted by atomic mass is 10.2. The Bertz CT molecular complexity index is 868. The van der Waals surface area contributed by atoms with Gasteiger partial charge in [-0.15, -0.1) is 0 Å². The van der Waals surface area contributed by atoms with Gasteiger partial charge in [-0.1, -0.05) is 11.6 Å². The molecule has 7 nitrogen and oxygen atoms in total. The van der Waals surface area contributed by atoms with Gasteiger partial charge in [0, 0.05) is 11.1 Å². The van der Waals surface area contributed by atoms with Crippen LogP contribution >= 0.6 is 11.6 Å². The van der Waals surface area contributed by atoms with E-state index in [0.29, 0.717) is 34.6 Å². The van der Waals surface area contributed by atoms with E-state index in [1.54, 1.807) is 25.1 Å². The van der Waals surface area contributed by atoms with Gasteiger partial charge in [0.1, 0.15) is 5.75 Å². The smallest absolute Gasteiger partial charge is 0.338 e. The fourth-order valence-corrected chi connectivity index (χ4v) is 2.56. The Labute approximate surface area is 168 Å². The predicted molar refractivity (Wildman–Crippen MR) is 106 cm³/mol. The van der Waals surface area contributed by atoms with Gasteiger partial charge in [0.05, 0.1) is 32.1 Å². The predicted octanol–water partition coefficient (Wildman–Crippen LogP) is 3.86. The standard InChI is InChI=1S/C20H22ClNO6/c1-5-27-18-9-13(6-7-16(18)25-3)20(24)28-11-19(23)22-15-8-12(2)14(21)10-17(15)26-4/h6-10H,5,11H2,1-4H3,(H,22,23). The highest BCUT2D eigenvalue weighted by Crippen LogP contribution is 2.31. The first-order chi connectivity index (χ1) is 13.4. The highest BCUT2D eigenvalue weighted by Gasteiger charge is 2.15. The third-order valence-corrected chi connectivity index (χ3v) is 4.20. The van der Waals surface area contributed by atoms with Gasteiger partial charge in [0.25, 0.3) is 5.91 Å². The van der Waals surface area contributed by atoms with Crippen molar-refractivity contribution in [3.05, 3.63) is 46.5 Å². The zero-order valence-corrected chi connectivity index (χ0v) is 16.9. The van der Waals surface area contributed by atoms with Gasteiger partial charge >= 0.3 is 5.97 Å². The van der Waals surface area contributed by atoms with Gasteiger partial charge in [-0.05, 0) is 43.7 Å². The Kier molecular flexibility index (Phi) is 7.52. The van der Waals surface area contributed by atoms with Crippen molar-refractivity contribution < 1.29 is 28.5 Å². The molecule has 0 aliphatic heterocycles. The molecular formula is C20H22ClNO6. The summed E-state index contributed by atoms with van der Waals surface area (Å²) in [6.07, 6.45) is 0. The van der Waals surface area contributed by atoms with E-state index in [1.807, 2.05) is 6.92 Å². The van der Waals surface area contributed by atoms with Crippen molar-refractivity contribution in [2.24, 2.45) is 0 Å². The number of nitrogens with one attached hydrogen (secondary N) is 1. The van der Waals surface area contributed by atoms with Crippen LogP contribution in [-0.4, -0.2) is 39.3 Å². The number of anilines is 1. The van der Waals surface area contributed by atoms with E-state index >= 15 is 0 Å². The van der Waals surface area contributed by atoms with E-state index in [9.17, 15) is 9.59 Å². The highest BCUT2D eigenvalue weighted by atomic mass is 35.5. The van der Waals surface area contributed by atoms with Crippen LogP contribution in [0.25, 0.3) is 0 Å². The van der Waals surface area contributed by atoms with Crippen LogP contribution < -0.4 is 19.5 Å². The van der Waals surface area contributed by atoms with E-state index < -0.39 is 18.5 Å². The molecular weight excluding hydrogens is 386 g/mol. The minimum atomic E-state index is -0.655. The van der Waals surface area contributed by atoms with Crippen molar-refractivity contribution in [3.8, 4) is 17.2 Å². The molecule has 0 radical (unpaired) electrons. The van der Waals surface area contributed by atoms with E-state index in [0.717, 1.165) is 5.56 Å². The molecule has 0 atom stereocenters. The number of benzene rings is 2. The third kappa shape index (κ3) is 5.29. The average molecular weight is 408 g/mol. The summed E-state index contributed by atoms with van der Waals surface area (Å²) >= 11 is 6.05. The van der Waals surface area contributed by atoms with Crippen LogP contribution in [0.15, 0.2) is 30.3 Å². The molecule has 0 saturated heterocycles. The summed E-state index contributed by atoms with van der Waals surface area (Å²) in [4.78, 5) is 24.4. The number of ether oxygens (including phenoxy) is 4. The quantitative estimate of drug-likeness (QED) is 0.669. The van der Waals surface area contributed by atoms with Crippen LogP contribution in [0.4, 0.5) is 5.69 Å². The number of rotatable bonds is 8. The van der Waals surface area contributed by atoms with Crippen LogP contribution in [0.5, 0.6) is 17.2 Å². The molecule has 1 amide bonds. The van der Waals surface area contributed by atoms with E-state index in [4.69, 9.17) is 30.5 Å². The molecule has 1 N–H and O–H groups in total. The number of esters is 1. The lowest BCUT2D eigenvalue weighted by Gasteiger charge is -2.13. The first-order valence-corrected chi connectivity index (χ1v) is 8.89. The normalized spacial score (nSPS) is 10.2. The van der Waals surface area contributed by atoms with Crippen LogP contribution in [0.2, 0.25) is 5.02 Å². The molecule has 2 aromatic rings. The third-order valence-electron chi connectivity index (χ3n) is 3.79. The number of carbonyl (C=O) groups excluding carboxylic acids is 2. The van der Waals surface area contributed by atoms with Crippen LogP contribution in [0.3, 0.4) is 0 Å². The molecule has 2 aromatic carbocycles. The van der Waals surface area contributed by atoms with Gasteiger partial charge in [0.2, 0.25) is 0 Å². The first kappa shape index (κ1) is 21.4. The number of aryl methyl sites for hydroxylation is 1. The van der Waals surface area contributed by atoms with Crippen LogP contribution in [0.1, 0.15) is 22.8 Å². The van der Waals surface area contributed by atoms with E-state index in [2.05, 4.69) is 5.32 Å². The molecule has 0 aromatic heterocycles. The molecule has 0 saturated carbocycles. The Morgan fingerprint density at radius 3 is 2.39 bits per heavy atom. The average Bonchev–Trinajstić information content (AvgIpc) is 2.68. The van der Waals surface area contributed by atoms with Crippen LogP contribution in [0, 0.1) is 6.92 Å². The molecule has 150 valence electrons. The first-order valence-electron chi connectivity index (χ1n) is 8.51. The highest BCUT2D eigenvalue weighted by molar-refractivity contribution is 6.31. The van der Waals surface area contributed by atoms with Crippen molar-refractivity contribution in [1.29, 1.82) is 0 Å². The second-order valence-corrected chi connectivity index (χ2v) is 6.13. The summed E-state index contributed by atoms with van der Waals surface area (Å²) in [5.41, 5.74) is 1.46. The molecule has 2 rings (SSSR count). The minimum absolute atomic E-state index is 0.247. The molecule has 0 spiro atoms. The SMILES string of the molecule is CCOc1cc(C(=O)OCC(=O)Nc2cc(C)c(Cl)cc2OC)ccc1OC. The summed E-state index contributed by atoms with van der Waals surface area (Å²) in [6, 6.07) is 7.92. The Balaban J connectivity index is 2.02. The zero-order valence-electron chi connectivity index (χ0n) is 16.1. The molecule has 0 heterocycles. The maximum atomic E-state index is 12.2. The molecule has 28 heavy (non-hydrogen) atoms. The van der Waals surface area contributed by atoms with Gasteiger partial charge in [-0.3, -0.25) is 4.79 Å². The maximum absolute atomic E-state index is 12.2. The molecule has 0 bridgehead atoms. The molecule has 0 aliphatic carbocycles. The number of carbonyl (C=O) groups is 2. The Morgan fingerprint density at radius 1 is 1.04 bits per heavy atom. The summed E-state index contributed by atoms with van der Waals surface area (Å²) in [5.74, 6) is 0.170. The molecule has 0 unspecified atom stereocenters. The number of hydrogen-bond donors (Lipinski definition) is 1. The maximum Gasteiger partial charge on any atom is 0.338 e. The van der Waals surface area contributed by atoms with Crippen molar-refractivity contribution in [1.82, 2.24) is 0 Å².